The number of anilines is 2. The predicted molar refractivity (Wildman–Crippen MR) is 162 cm³/mol. The van der Waals surface area contributed by atoms with Crippen molar-refractivity contribution in [1.29, 1.82) is 0 Å². The number of phenolic OH excluding ortho intramolecular Hbond substituents is 1. The number of fused-ring (bicyclic) bond motifs is 4. The Morgan fingerprint density at radius 3 is 2.27 bits per heavy atom. The first kappa shape index (κ1) is 29.1. The van der Waals surface area contributed by atoms with Crippen LogP contribution in [0.4, 0.5) is 11.4 Å². The molecule has 2 aromatic rings. The van der Waals surface area contributed by atoms with E-state index in [-0.39, 0.29) is 36.0 Å². The van der Waals surface area contributed by atoms with Crippen molar-refractivity contribution in [3.63, 3.8) is 0 Å². The van der Waals surface area contributed by atoms with Crippen molar-refractivity contribution in [3.05, 3.63) is 59.7 Å². The molecule has 5 aliphatic rings. The number of ether oxygens (including phenoxy) is 2. The second-order valence-electron chi connectivity index (χ2n) is 12.1. The van der Waals surface area contributed by atoms with Gasteiger partial charge >= 0.3 is 0 Å². The van der Waals surface area contributed by atoms with Gasteiger partial charge in [-0.25, -0.2) is 0 Å². The number of halogens is 2. The van der Waals surface area contributed by atoms with Crippen LogP contribution in [0.25, 0.3) is 0 Å². The van der Waals surface area contributed by atoms with Gasteiger partial charge in [-0.2, -0.15) is 0 Å². The number of rotatable bonds is 4. The van der Waals surface area contributed by atoms with Gasteiger partial charge in [-0.3, -0.25) is 29.0 Å². The van der Waals surface area contributed by atoms with Gasteiger partial charge in [-0.1, -0.05) is 17.7 Å². The third-order valence-electron chi connectivity index (χ3n) is 10.0. The number of alkyl halides is 2. The number of allylic oxidation sites excluding steroid dienone is 2. The summed E-state index contributed by atoms with van der Waals surface area (Å²) in [5.74, 6) is -5.10. The molecule has 0 unspecified atom stereocenters. The zero-order valence-corrected chi connectivity index (χ0v) is 25.7. The van der Waals surface area contributed by atoms with Crippen LogP contribution in [-0.2, 0) is 23.9 Å². The molecule has 230 valence electrons. The minimum absolute atomic E-state index is 0.115. The zero-order chi connectivity index (χ0) is 31.1. The molecule has 44 heavy (non-hydrogen) atoms. The summed E-state index contributed by atoms with van der Waals surface area (Å²) in [6.45, 7) is 2.78. The molecule has 2 aliphatic carbocycles. The van der Waals surface area contributed by atoms with Crippen LogP contribution >= 0.6 is 23.2 Å². The second-order valence-corrected chi connectivity index (χ2v) is 13.3. The fraction of sp³-hybridized carbons (Fsp3) is 0.438. The number of phenols is 1. The molecule has 3 heterocycles. The summed E-state index contributed by atoms with van der Waals surface area (Å²) in [6.07, 6.45) is 1.96. The highest BCUT2D eigenvalue weighted by Gasteiger charge is 2.76. The standard InChI is InChI=1S/C32H31Cl2N3O7/c1-35-29(41)31(33)16-23-20(26(32(31,34)30(35)42)21-8-7-19(43-2)15-24(21)38)9-10-22-25(23)28(40)37(27(22)39)18-5-3-17(4-6-18)36-11-13-44-14-12-36/h3-9,15,22-23,25-26,38H,10-14,16H2,1-2H3/t22-,23+,25-,26+,31+,32-/m0/s1. The Hall–Kier alpha value is -3.60. The molecular formula is C32H31Cl2N3O7. The van der Waals surface area contributed by atoms with Crippen LogP contribution in [0, 0.1) is 17.8 Å². The Kier molecular flexibility index (Phi) is 6.77. The quantitative estimate of drug-likeness (QED) is 0.307. The maximum absolute atomic E-state index is 14.2. The van der Waals surface area contributed by atoms with E-state index >= 15 is 0 Å². The summed E-state index contributed by atoms with van der Waals surface area (Å²) >= 11 is 14.4. The van der Waals surface area contributed by atoms with Crippen LogP contribution in [0.1, 0.15) is 24.3 Å². The minimum Gasteiger partial charge on any atom is -0.508 e. The summed E-state index contributed by atoms with van der Waals surface area (Å²) in [4.78, 5) is 55.8. The van der Waals surface area contributed by atoms with Crippen molar-refractivity contribution in [3.8, 4) is 11.5 Å². The third kappa shape index (κ3) is 3.83. The number of imide groups is 2. The number of hydrogen-bond acceptors (Lipinski definition) is 8. The number of carbonyl (C=O) groups excluding carboxylic acids is 4. The number of aromatic hydroxyl groups is 1. The molecule has 6 atom stereocenters. The predicted octanol–water partition coefficient (Wildman–Crippen LogP) is 3.43. The van der Waals surface area contributed by atoms with Gasteiger partial charge in [0.1, 0.15) is 11.5 Å². The largest absolute Gasteiger partial charge is 0.508 e. The molecule has 1 saturated carbocycles. The summed E-state index contributed by atoms with van der Waals surface area (Å²) in [7, 11) is 2.79. The minimum atomic E-state index is -1.97. The van der Waals surface area contributed by atoms with Gasteiger partial charge in [0.25, 0.3) is 11.8 Å². The lowest BCUT2D eigenvalue weighted by Crippen LogP contribution is -2.60. The molecule has 0 bridgehead atoms. The molecule has 7 rings (SSSR count). The van der Waals surface area contributed by atoms with Gasteiger partial charge in [0.15, 0.2) is 9.75 Å². The number of nitrogens with zero attached hydrogens (tertiary/aromatic N) is 3. The Morgan fingerprint density at radius 2 is 1.61 bits per heavy atom. The highest BCUT2D eigenvalue weighted by atomic mass is 35.5. The van der Waals surface area contributed by atoms with Crippen LogP contribution in [0.15, 0.2) is 54.1 Å². The van der Waals surface area contributed by atoms with Crippen molar-refractivity contribution in [2.75, 3.05) is 50.3 Å². The topological polar surface area (TPSA) is 117 Å². The molecule has 4 fully saturated rings. The first-order valence-corrected chi connectivity index (χ1v) is 15.4. The molecule has 2 aromatic carbocycles. The monoisotopic (exact) mass is 639 g/mol. The average molecular weight is 641 g/mol. The lowest BCUT2D eigenvalue weighted by molar-refractivity contribution is -0.138. The van der Waals surface area contributed by atoms with Crippen molar-refractivity contribution in [1.82, 2.24) is 4.90 Å². The number of morpholine rings is 1. The van der Waals surface area contributed by atoms with Crippen LogP contribution in [0.3, 0.4) is 0 Å². The Labute approximate surface area is 264 Å². The number of likely N-dealkylation sites (tertiary alicyclic amines) is 1. The molecule has 3 aliphatic heterocycles. The van der Waals surface area contributed by atoms with Crippen molar-refractivity contribution >= 4 is 58.2 Å². The fourth-order valence-corrected chi connectivity index (χ4v) is 8.88. The molecular weight excluding hydrogens is 609 g/mol. The number of amides is 4. The SMILES string of the molecule is COc1ccc([C@H]2C3=CC[C@@H]4C(=O)N(c5ccc(N6CCOCC6)cc5)C(=O)[C@@H]4[C@@H]3C[C@@]3(Cl)C(=O)N(C)C(=O)[C@@]23Cl)c(O)c1. The van der Waals surface area contributed by atoms with E-state index in [4.69, 9.17) is 32.7 Å². The lowest BCUT2D eigenvalue weighted by Gasteiger charge is -2.50. The number of hydrogen-bond donors (Lipinski definition) is 1. The molecule has 0 aromatic heterocycles. The maximum atomic E-state index is 14.2. The van der Waals surface area contributed by atoms with Crippen LogP contribution in [0.5, 0.6) is 11.5 Å². The van der Waals surface area contributed by atoms with Crippen molar-refractivity contribution < 1.29 is 33.8 Å². The summed E-state index contributed by atoms with van der Waals surface area (Å²) < 4.78 is 10.7. The summed E-state index contributed by atoms with van der Waals surface area (Å²) in [5, 5.41) is 11.1. The first-order valence-electron chi connectivity index (χ1n) is 14.6. The first-order chi connectivity index (χ1) is 21.0. The number of methoxy groups -OCH3 is 1. The van der Waals surface area contributed by atoms with Gasteiger partial charge in [-0.15, -0.1) is 23.2 Å². The van der Waals surface area contributed by atoms with Gasteiger partial charge in [0.2, 0.25) is 11.8 Å². The van der Waals surface area contributed by atoms with E-state index in [0.29, 0.717) is 30.2 Å². The molecule has 10 nitrogen and oxygen atoms in total. The van der Waals surface area contributed by atoms with E-state index in [9.17, 15) is 24.3 Å². The van der Waals surface area contributed by atoms with Crippen LogP contribution in [0.2, 0.25) is 0 Å². The van der Waals surface area contributed by atoms with E-state index in [1.807, 2.05) is 18.2 Å². The van der Waals surface area contributed by atoms with E-state index in [1.54, 1.807) is 24.3 Å². The molecule has 4 amide bonds. The summed E-state index contributed by atoms with van der Waals surface area (Å²) in [6, 6.07) is 11.9. The lowest BCUT2D eigenvalue weighted by atomic mass is 9.56. The maximum Gasteiger partial charge on any atom is 0.253 e. The van der Waals surface area contributed by atoms with Crippen molar-refractivity contribution in [2.24, 2.45) is 17.8 Å². The highest BCUT2D eigenvalue weighted by molar-refractivity contribution is 6.53. The van der Waals surface area contributed by atoms with Crippen molar-refractivity contribution in [2.45, 2.75) is 28.5 Å². The number of benzene rings is 2. The van der Waals surface area contributed by atoms with Gasteiger partial charge in [-0.05, 0) is 49.1 Å². The van der Waals surface area contributed by atoms with Gasteiger partial charge in [0.05, 0.1) is 37.8 Å². The summed E-state index contributed by atoms with van der Waals surface area (Å²) in [5.41, 5.74) is 2.33. The smallest absolute Gasteiger partial charge is 0.253 e. The van der Waals surface area contributed by atoms with E-state index < -0.39 is 45.2 Å². The molecule has 1 N–H and O–H groups in total. The number of carbonyl (C=O) groups is 4. The molecule has 0 spiro atoms. The van der Waals surface area contributed by atoms with Gasteiger partial charge < -0.3 is 19.5 Å². The Balaban J connectivity index is 1.29. The molecule has 12 heteroatoms. The Morgan fingerprint density at radius 1 is 0.932 bits per heavy atom. The third-order valence-corrected chi connectivity index (χ3v) is 11.5. The van der Waals surface area contributed by atoms with E-state index in [0.717, 1.165) is 23.7 Å². The highest BCUT2D eigenvalue weighted by Crippen LogP contribution is 2.66. The average Bonchev–Trinajstić information content (AvgIpc) is 3.36. The fourth-order valence-electron chi connectivity index (χ4n) is 7.87. The second kappa shape index (κ2) is 10.2. The normalized spacial score (nSPS) is 33.3. The zero-order valence-electron chi connectivity index (χ0n) is 24.2. The van der Waals surface area contributed by atoms with Crippen LogP contribution in [-0.4, -0.2) is 83.8 Å². The molecule has 3 saturated heterocycles. The van der Waals surface area contributed by atoms with E-state index in [1.165, 1.54) is 25.1 Å². The molecule has 0 radical (unpaired) electrons. The Bertz CT molecular complexity index is 1620. The van der Waals surface area contributed by atoms with Gasteiger partial charge in [0, 0.05) is 43.4 Å². The van der Waals surface area contributed by atoms with Crippen LogP contribution < -0.4 is 14.5 Å². The van der Waals surface area contributed by atoms with E-state index in [2.05, 4.69) is 4.90 Å².